The highest BCUT2D eigenvalue weighted by Gasteiger charge is 2.22. The first-order valence-electron chi connectivity index (χ1n) is 3.42. The molecule has 1 rings (SSSR count). The Kier molecular flexibility index (Phi) is 2.45. The van der Waals surface area contributed by atoms with Crippen molar-refractivity contribution < 1.29 is 4.74 Å². The summed E-state index contributed by atoms with van der Waals surface area (Å²) in [4.78, 5) is 0. The Morgan fingerprint density at radius 1 is 1.11 bits per heavy atom. The second-order valence-electron chi connectivity index (χ2n) is 2.43. The summed E-state index contributed by atoms with van der Waals surface area (Å²) >= 11 is 0. The maximum Gasteiger partial charge on any atom is 0.0702 e. The topological polar surface area (TPSA) is 61.3 Å². The number of ether oxygens (including phenoxy) is 1. The van der Waals surface area contributed by atoms with E-state index in [0.29, 0.717) is 13.1 Å². The lowest BCUT2D eigenvalue weighted by atomic mass is 10.2. The summed E-state index contributed by atoms with van der Waals surface area (Å²) in [5.41, 5.74) is 10.8. The van der Waals surface area contributed by atoms with Crippen LogP contribution in [0.5, 0.6) is 0 Å². The summed E-state index contributed by atoms with van der Waals surface area (Å²) < 4.78 is 5.41. The van der Waals surface area contributed by atoms with Crippen LogP contribution in [0.2, 0.25) is 0 Å². The predicted octanol–water partition coefficient (Wildman–Crippen LogP) is -0.549. The van der Waals surface area contributed by atoms with Crippen molar-refractivity contribution in [1.29, 1.82) is 0 Å². The van der Waals surface area contributed by atoms with E-state index in [4.69, 9.17) is 16.2 Å². The monoisotopic (exact) mass is 130 g/mol. The molecule has 9 heavy (non-hydrogen) atoms. The van der Waals surface area contributed by atoms with Gasteiger partial charge in [0.15, 0.2) is 0 Å². The molecule has 0 aromatic rings. The largest absolute Gasteiger partial charge is 0.372 e. The molecule has 1 aliphatic heterocycles. The van der Waals surface area contributed by atoms with E-state index in [1.54, 1.807) is 0 Å². The SMILES string of the molecule is NCC1CCC(CN)O1. The molecule has 0 radical (unpaired) electrons. The van der Waals surface area contributed by atoms with Gasteiger partial charge in [0.05, 0.1) is 12.2 Å². The molecule has 54 valence electrons. The molecule has 0 aliphatic carbocycles. The molecule has 3 nitrogen and oxygen atoms in total. The minimum Gasteiger partial charge on any atom is -0.372 e. The molecular formula is C6H14N2O. The van der Waals surface area contributed by atoms with E-state index < -0.39 is 0 Å². The van der Waals surface area contributed by atoms with Crippen molar-refractivity contribution in [3.05, 3.63) is 0 Å². The molecule has 0 spiro atoms. The van der Waals surface area contributed by atoms with Crippen LogP contribution in [0.25, 0.3) is 0 Å². The highest BCUT2D eigenvalue weighted by molar-refractivity contribution is 4.74. The molecule has 1 saturated heterocycles. The molecule has 0 bridgehead atoms. The van der Waals surface area contributed by atoms with Crippen LogP contribution in [0.15, 0.2) is 0 Å². The van der Waals surface area contributed by atoms with Crippen LogP contribution in [0, 0.1) is 0 Å². The molecular weight excluding hydrogens is 116 g/mol. The lowest BCUT2D eigenvalue weighted by Crippen LogP contribution is -2.24. The second kappa shape index (κ2) is 3.15. The quantitative estimate of drug-likeness (QED) is 0.527. The lowest BCUT2D eigenvalue weighted by molar-refractivity contribution is 0.0555. The molecule has 3 heteroatoms. The Balaban J connectivity index is 2.20. The van der Waals surface area contributed by atoms with Gasteiger partial charge >= 0.3 is 0 Å². The molecule has 0 amide bonds. The summed E-state index contributed by atoms with van der Waals surface area (Å²) in [6, 6.07) is 0. The molecule has 4 N–H and O–H groups in total. The van der Waals surface area contributed by atoms with E-state index >= 15 is 0 Å². The number of hydrogen-bond donors (Lipinski definition) is 2. The van der Waals surface area contributed by atoms with E-state index in [-0.39, 0.29) is 12.2 Å². The van der Waals surface area contributed by atoms with Gasteiger partial charge in [-0.1, -0.05) is 0 Å². The maximum atomic E-state index is 5.41. The van der Waals surface area contributed by atoms with Crippen LogP contribution in [0.3, 0.4) is 0 Å². The van der Waals surface area contributed by atoms with Crippen molar-refractivity contribution in [2.75, 3.05) is 13.1 Å². The number of hydrogen-bond acceptors (Lipinski definition) is 3. The standard InChI is InChI=1S/C6H14N2O/c7-3-5-1-2-6(4-8)9-5/h5-6H,1-4,7-8H2. The molecule has 1 fully saturated rings. The maximum absolute atomic E-state index is 5.41. The van der Waals surface area contributed by atoms with Gasteiger partial charge in [0.2, 0.25) is 0 Å². The summed E-state index contributed by atoms with van der Waals surface area (Å²) in [5.74, 6) is 0. The van der Waals surface area contributed by atoms with E-state index in [9.17, 15) is 0 Å². The van der Waals surface area contributed by atoms with E-state index in [1.165, 1.54) is 0 Å². The molecule has 0 aromatic carbocycles. The molecule has 2 unspecified atom stereocenters. The zero-order chi connectivity index (χ0) is 6.69. The van der Waals surface area contributed by atoms with Crippen molar-refractivity contribution in [3.8, 4) is 0 Å². The fourth-order valence-electron chi connectivity index (χ4n) is 1.13. The van der Waals surface area contributed by atoms with Crippen molar-refractivity contribution in [1.82, 2.24) is 0 Å². The Bertz CT molecular complexity index is 77.1. The first kappa shape index (κ1) is 6.99. The van der Waals surface area contributed by atoms with E-state index in [0.717, 1.165) is 12.8 Å². The lowest BCUT2D eigenvalue weighted by Gasteiger charge is -2.08. The zero-order valence-electron chi connectivity index (χ0n) is 5.55. The first-order valence-corrected chi connectivity index (χ1v) is 3.42. The van der Waals surface area contributed by atoms with Crippen LogP contribution >= 0.6 is 0 Å². The number of nitrogens with two attached hydrogens (primary N) is 2. The van der Waals surface area contributed by atoms with Crippen LogP contribution in [-0.4, -0.2) is 25.3 Å². The van der Waals surface area contributed by atoms with Crippen molar-refractivity contribution >= 4 is 0 Å². The van der Waals surface area contributed by atoms with Crippen LogP contribution < -0.4 is 11.5 Å². The smallest absolute Gasteiger partial charge is 0.0702 e. The van der Waals surface area contributed by atoms with Gasteiger partial charge in [-0.25, -0.2) is 0 Å². The Hall–Kier alpha value is -0.120. The van der Waals surface area contributed by atoms with Crippen LogP contribution in [0.1, 0.15) is 12.8 Å². The third-order valence-electron chi connectivity index (χ3n) is 1.72. The molecule has 2 atom stereocenters. The third kappa shape index (κ3) is 1.64. The van der Waals surface area contributed by atoms with Gasteiger partial charge in [-0.3, -0.25) is 0 Å². The highest BCUT2D eigenvalue weighted by atomic mass is 16.5. The van der Waals surface area contributed by atoms with Gasteiger partial charge in [-0.2, -0.15) is 0 Å². The molecule has 1 aliphatic rings. The summed E-state index contributed by atoms with van der Waals surface area (Å²) in [6.07, 6.45) is 2.72. The first-order chi connectivity index (χ1) is 4.36. The van der Waals surface area contributed by atoms with Crippen LogP contribution in [-0.2, 0) is 4.74 Å². The fourth-order valence-corrected chi connectivity index (χ4v) is 1.13. The van der Waals surface area contributed by atoms with E-state index in [2.05, 4.69) is 0 Å². The summed E-state index contributed by atoms with van der Waals surface area (Å²) in [5, 5.41) is 0. The van der Waals surface area contributed by atoms with Gasteiger partial charge in [0, 0.05) is 13.1 Å². The second-order valence-corrected chi connectivity index (χ2v) is 2.43. The minimum atomic E-state index is 0.276. The highest BCUT2D eigenvalue weighted by Crippen LogP contribution is 2.17. The van der Waals surface area contributed by atoms with Gasteiger partial charge in [-0.15, -0.1) is 0 Å². The van der Waals surface area contributed by atoms with Gasteiger partial charge in [-0.05, 0) is 12.8 Å². The van der Waals surface area contributed by atoms with Gasteiger partial charge < -0.3 is 16.2 Å². The summed E-state index contributed by atoms with van der Waals surface area (Å²) in [7, 11) is 0. The normalized spacial score (nSPS) is 35.3. The molecule has 1 heterocycles. The third-order valence-corrected chi connectivity index (χ3v) is 1.72. The fraction of sp³-hybridized carbons (Fsp3) is 1.00. The minimum absolute atomic E-state index is 0.276. The van der Waals surface area contributed by atoms with Crippen LogP contribution in [0.4, 0.5) is 0 Å². The zero-order valence-corrected chi connectivity index (χ0v) is 5.55. The Morgan fingerprint density at radius 3 is 1.78 bits per heavy atom. The summed E-state index contributed by atoms with van der Waals surface area (Å²) in [6.45, 7) is 1.27. The Labute approximate surface area is 55.4 Å². The average molecular weight is 130 g/mol. The van der Waals surface area contributed by atoms with Crippen molar-refractivity contribution in [3.63, 3.8) is 0 Å². The van der Waals surface area contributed by atoms with Gasteiger partial charge in [0.1, 0.15) is 0 Å². The molecule has 0 aromatic heterocycles. The molecule has 0 saturated carbocycles. The Morgan fingerprint density at radius 2 is 1.56 bits per heavy atom. The van der Waals surface area contributed by atoms with E-state index in [1.807, 2.05) is 0 Å². The predicted molar refractivity (Wildman–Crippen MR) is 36.0 cm³/mol. The van der Waals surface area contributed by atoms with Gasteiger partial charge in [0.25, 0.3) is 0 Å². The van der Waals surface area contributed by atoms with Crippen molar-refractivity contribution in [2.24, 2.45) is 11.5 Å². The average Bonchev–Trinajstić information content (AvgIpc) is 2.34. The number of rotatable bonds is 2. The van der Waals surface area contributed by atoms with Crippen molar-refractivity contribution in [2.45, 2.75) is 25.0 Å².